The lowest BCUT2D eigenvalue weighted by atomic mass is 9.49. The second-order valence-corrected chi connectivity index (χ2v) is 13.0. The molecule has 0 radical (unpaired) electrons. The van der Waals surface area contributed by atoms with Gasteiger partial charge in [-0.05, 0) is 50.5 Å². The topological polar surface area (TPSA) is 169 Å². The van der Waals surface area contributed by atoms with Gasteiger partial charge >= 0.3 is 17.9 Å². The average molecular weight is 589 g/mol. The molecule has 4 aliphatic rings. The number of rotatable bonds is 5. The molecule has 1 aromatic rings. The number of fused-ring (bicyclic) bond motifs is 4. The monoisotopic (exact) mass is 588 g/mol. The molecule has 230 valence electrons. The molecular weight excluding hydrogens is 548 g/mol. The summed E-state index contributed by atoms with van der Waals surface area (Å²) in [4.78, 5) is 39.0. The molecule has 11 nitrogen and oxygen atoms in total. The van der Waals surface area contributed by atoms with Gasteiger partial charge in [0.25, 0.3) is 0 Å². The third-order valence-corrected chi connectivity index (χ3v) is 10.3. The third kappa shape index (κ3) is 4.16. The number of esters is 3. The number of benzene rings is 1. The molecule has 42 heavy (non-hydrogen) atoms. The lowest BCUT2D eigenvalue weighted by molar-refractivity contribution is -0.351. The lowest BCUT2D eigenvalue weighted by Gasteiger charge is -2.65. The standard InChI is InChI=1S/C31H40O11/c1-15-19(34)13-30(28(4,5)38)22(15)23(36)25(40-16(2)32)29(6)20(35)12-21-31(14-39-21,42-17(3)33)24(29)26(30)41-27(37)18-10-8-7-9-11-18/h7-11,19-21,23-26,34-36,38H,12-14H2,1-6H3/t19-,20+,21-,23+,24+,25-,26+,29-,30-,31-/m0/s1. The van der Waals surface area contributed by atoms with Crippen molar-refractivity contribution in [3.63, 3.8) is 0 Å². The second kappa shape index (κ2) is 10.1. The molecule has 0 aromatic heterocycles. The van der Waals surface area contributed by atoms with Crippen molar-refractivity contribution in [2.24, 2.45) is 16.7 Å². The zero-order chi connectivity index (χ0) is 31.0. The van der Waals surface area contributed by atoms with E-state index in [9.17, 15) is 34.8 Å². The van der Waals surface area contributed by atoms with E-state index in [1.54, 1.807) is 44.2 Å². The summed E-state index contributed by atoms with van der Waals surface area (Å²) in [6.07, 6.45) is -7.95. The van der Waals surface area contributed by atoms with Gasteiger partial charge in [0.1, 0.15) is 24.4 Å². The smallest absolute Gasteiger partial charge is 0.338 e. The van der Waals surface area contributed by atoms with E-state index >= 15 is 0 Å². The first-order valence-corrected chi connectivity index (χ1v) is 14.2. The Morgan fingerprint density at radius 2 is 1.64 bits per heavy atom. The summed E-state index contributed by atoms with van der Waals surface area (Å²) >= 11 is 0. The predicted octanol–water partition coefficient (Wildman–Crippen LogP) is 1.44. The third-order valence-electron chi connectivity index (χ3n) is 10.3. The molecule has 0 bridgehead atoms. The van der Waals surface area contributed by atoms with Crippen molar-refractivity contribution in [2.45, 2.75) is 102 Å². The fourth-order valence-corrected chi connectivity index (χ4v) is 8.35. The maximum absolute atomic E-state index is 13.8. The molecule has 0 unspecified atom stereocenters. The van der Waals surface area contributed by atoms with Crippen LogP contribution in [-0.2, 0) is 28.5 Å². The Labute approximate surface area is 244 Å². The van der Waals surface area contributed by atoms with E-state index in [4.69, 9.17) is 18.9 Å². The van der Waals surface area contributed by atoms with Gasteiger partial charge in [-0.25, -0.2) is 4.79 Å². The summed E-state index contributed by atoms with van der Waals surface area (Å²) in [7, 11) is 0. The van der Waals surface area contributed by atoms with Crippen molar-refractivity contribution < 1.29 is 53.8 Å². The van der Waals surface area contributed by atoms with E-state index in [0.29, 0.717) is 5.57 Å². The van der Waals surface area contributed by atoms with Crippen LogP contribution >= 0.6 is 0 Å². The average Bonchev–Trinajstić information content (AvgIpc) is 3.15. The predicted molar refractivity (Wildman–Crippen MR) is 146 cm³/mol. The minimum atomic E-state index is -1.77. The molecule has 11 heteroatoms. The van der Waals surface area contributed by atoms with Crippen molar-refractivity contribution in [3.05, 3.63) is 47.0 Å². The molecular formula is C31H40O11. The van der Waals surface area contributed by atoms with Crippen LogP contribution in [0.5, 0.6) is 0 Å². The quantitative estimate of drug-likeness (QED) is 0.223. The highest BCUT2D eigenvalue weighted by molar-refractivity contribution is 5.89. The molecule has 3 fully saturated rings. The Balaban J connectivity index is 1.87. The SMILES string of the molecule is CC(=O)O[C@H]1[C@H](O)C2=C(C)[C@@H](O)C[C@@]2(C(C)(C)O)[C@H](OC(=O)c2ccccc2)[C@H]2[C@]3(OC(C)=O)CO[C@H]3C[C@@H](O)[C@]12C. The fourth-order valence-electron chi connectivity index (χ4n) is 8.35. The van der Waals surface area contributed by atoms with Gasteiger partial charge in [0, 0.05) is 25.7 Å². The zero-order valence-electron chi connectivity index (χ0n) is 24.7. The van der Waals surface area contributed by atoms with Crippen molar-refractivity contribution in [3.8, 4) is 0 Å². The van der Waals surface area contributed by atoms with Crippen LogP contribution in [-0.4, -0.2) is 92.8 Å². The summed E-state index contributed by atoms with van der Waals surface area (Å²) in [5, 5.41) is 47.3. The number of aliphatic hydroxyl groups is 4. The Morgan fingerprint density at radius 3 is 2.17 bits per heavy atom. The van der Waals surface area contributed by atoms with Crippen LogP contribution < -0.4 is 0 Å². The molecule has 1 saturated heterocycles. The molecule has 0 amide bonds. The highest BCUT2D eigenvalue weighted by Crippen LogP contribution is 2.68. The minimum absolute atomic E-state index is 0.0275. The number of hydrogen-bond donors (Lipinski definition) is 4. The van der Waals surface area contributed by atoms with E-state index in [1.165, 1.54) is 27.7 Å². The number of ether oxygens (including phenoxy) is 4. The van der Waals surface area contributed by atoms with Gasteiger partial charge in [0.2, 0.25) is 0 Å². The van der Waals surface area contributed by atoms with Gasteiger partial charge in [0.15, 0.2) is 5.60 Å². The Bertz CT molecular complexity index is 1300. The molecule has 3 aliphatic carbocycles. The van der Waals surface area contributed by atoms with Gasteiger partial charge in [-0.1, -0.05) is 25.1 Å². The Kier molecular flexibility index (Phi) is 7.38. The summed E-state index contributed by atoms with van der Waals surface area (Å²) in [5.41, 5.74) is -5.86. The first-order chi connectivity index (χ1) is 19.5. The highest BCUT2D eigenvalue weighted by atomic mass is 16.6. The normalized spacial score (nSPS) is 41.0. The van der Waals surface area contributed by atoms with Crippen LogP contribution in [0.25, 0.3) is 0 Å². The van der Waals surface area contributed by atoms with Crippen molar-refractivity contribution in [2.75, 3.05) is 6.61 Å². The van der Waals surface area contributed by atoms with E-state index in [1.807, 2.05) is 0 Å². The van der Waals surface area contributed by atoms with Crippen molar-refractivity contribution in [1.29, 1.82) is 0 Å². The molecule has 0 spiro atoms. The van der Waals surface area contributed by atoms with Gasteiger partial charge in [0.05, 0.1) is 41.3 Å². The number of carbonyl (C=O) groups is 3. The molecule has 4 N–H and O–H groups in total. The van der Waals surface area contributed by atoms with Crippen molar-refractivity contribution >= 4 is 17.9 Å². The first-order valence-electron chi connectivity index (χ1n) is 14.2. The summed E-state index contributed by atoms with van der Waals surface area (Å²) in [6.45, 7) is 8.45. The lowest BCUT2D eigenvalue weighted by Crippen LogP contribution is -2.79. The van der Waals surface area contributed by atoms with E-state index < -0.39 is 82.5 Å². The molecule has 1 aromatic carbocycles. The zero-order valence-corrected chi connectivity index (χ0v) is 24.7. The van der Waals surface area contributed by atoms with Crippen LogP contribution in [0.4, 0.5) is 0 Å². The Hall–Kier alpha value is -2.83. The Morgan fingerprint density at radius 1 is 1.00 bits per heavy atom. The van der Waals surface area contributed by atoms with E-state index in [0.717, 1.165) is 0 Å². The van der Waals surface area contributed by atoms with Gasteiger partial charge in [-0.3, -0.25) is 9.59 Å². The van der Waals surface area contributed by atoms with E-state index in [-0.39, 0.29) is 30.6 Å². The van der Waals surface area contributed by atoms with Crippen LogP contribution in [0.3, 0.4) is 0 Å². The number of aliphatic hydroxyl groups excluding tert-OH is 3. The number of carbonyl (C=O) groups excluding carboxylic acids is 3. The van der Waals surface area contributed by atoms with Gasteiger partial charge in [-0.2, -0.15) is 0 Å². The molecule has 1 heterocycles. The molecule has 5 rings (SSSR count). The van der Waals surface area contributed by atoms with Crippen LogP contribution in [0.2, 0.25) is 0 Å². The van der Waals surface area contributed by atoms with Crippen LogP contribution in [0, 0.1) is 16.7 Å². The summed E-state index contributed by atoms with van der Waals surface area (Å²) in [5.74, 6) is -3.34. The minimum Gasteiger partial charge on any atom is -0.459 e. The van der Waals surface area contributed by atoms with Crippen LogP contribution in [0.15, 0.2) is 41.5 Å². The summed E-state index contributed by atoms with van der Waals surface area (Å²) < 4.78 is 24.1. The fraction of sp³-hybridized carbons (Fsp3) is 0.645. The number of hydrogen-bond acceptors (Lipinski definition) is 11. The van der Waals surface area contributed by atoms with E-state index in [2.05, 4.69) is 0 Å². The highest BCUT2D eigenvalue weighted by Gasteiger charge is 2.79. The van der Waals surface area contributed by atoms with Gasteiger partial charge in [-0.15, -0.1) is 0 Å². The molecule has 1 aliphatic heterocycles. The van der Waals surface area contributed by atoms with Crippen molar-refractivity contribution in [1.82, 2.24) is 0 Å². The second-order valence-electron chi connectivity index (χ2n) is 13.0. The maximum atomic E-state index is 13.8. The summed E-state index contributed by atoms with van der Waals surface area (Å²) in [6, 6.07) is 8.18. The molecule has 2 saturated carbocycles. The largest absolute Gasteiger partial charge is 0.459 e. The van der Waals surface area contributed by atoms with Gasteiger partial charge < -0.3 is 39.4 Å². The molecule has 10 atom stereocenters. The van der Waals surface area contributed by atoms with Crippen LogP contribution in [0.1, 0.15) is 64.7 Å². The maximum Gasteiger partial charge on any atom is 0.338 e. The first kappa shape index (κ1) is 30.6.